The molecule has 0 spiro atoms. The minimum absolute atomic E-state index is 0.142. The number of rotatable bonds is 12. The van der Waals surface area contributed by atoms with E-state index in [4.69, 9.17) is 32.7 Å². The summed E-state index contributed by atoms with van der Waals surface area (Å²) in [5.41, 5.74) is 1.77. The molecule has 3 rings (SSSR count). The van der Waals surface area contributed by atoms with Crippen molar-refractivity contribution in [1.82, 2.24) is 5.32 Å². The molecule has 0 fully saturated rings. The molecule has 196 valence electrons. The summed E-state index contributed by atoms with van der Waals surface area (Å²) < 4.78 is 10.8. The molecule has 10 heteroatoms. The smallest absolute Gasteiger partial charge is 0.341 e. The topological polar surface area (TPSA) is 93.7 Å². The van der Waals surface area contributed by atoms with Gasteiger partial charge in [-0.2, -0.15) is 0 Å². The predicted molar refractivity (Wildman–Crippen MR) is 147 cm³/mol. The van der Waals surface area contributed by atoms with Crippen LogP contribution in [0.5, 0.6) is 5.75 Å². The molecule has 1 heterocycles. The minimum atomic E-state index is -0.587. The highest BCUT2D eigenvalue weighted by molar-refractivity contribution is 7.18. The van der Waals surface area contributed by atoms with E-state index in [0.717, 1.165) is 16.9 Å². The van der Waals surface area contributed by atoms with E-state index < -0.39 is 5.97 Å². The molecular formula is C27H28Cl2N2O5S. The summed E-state index contributed by atoms with van der Waals surface area (Å²) >= 11 is 13.0. The first-order valence-corrected chi connectivity index (χ1v) is 13.4. The summed E-state index contributed by atoms with van der Waals surface area (Å²) in [4.78, 5) is 38.5. The number of thiophene rings is 1. The van der Waals surface area contributed by atoms with Crippen molar-refractivity contribution in [2.24, 2.45) is 0 Å². The molecule has 0 aliphatic rings. The number of carbonyl (C=O) groups excluding carboxylic acids is 3. The zero-order valence-corrected chi connectivity index (χ0v) is 22.9. The van der Waals surface area contributed by atoms with Gasteiger partial charge in [0.2, 0.25) is 5.91 Å². The molecule has 2 N–H and O–H groups in total. The average molecular weight is 564 g/mol. The maximum Gasteiger partial charge on any atom is 0.341 e. The molecular weight excluding hydrogens is 535 g/mol. The summed E-state index contributed by atoms with van der Waals surface area (Å²) in [6.45, 7) is 4.24. The minimum Gasteiger partial charge on any atom is -0.492 e. The Hall–Kier alpha value is -3.07. The largest absolute Gasteiger partial charge is 0.492 e. The second-order valence-electron chi connectivity index (χ2n) is 8.05. The summed E-state index contributed by atoms with van der Waals surface area (Å²) in [6, 6.07) is 14.7. The number of benzene rings is 2. The van der Waals surface area contributed by atoms with Crippen molar-refractivity contribution in [2.75, 3.05) is 25.1 Å². The Kier molecular flexibility index (Phi) is 10.8. The molecule has 0 aliphatic heterocycles. The molecule has 0 aliphatic carbocycles. The molecule has 0 saturated carbocycles. The van der Waals surface area contributed by atoms with Gasteiger partial charge in [-0.15, -0.1) is 11.3 Å². The van der Waals surface area contributed by atoms with Crippen molar-refractivity contribution in [3.8, 4) is 5.75 Å². The van der Waals surface area contributed by atoms with Crippen LogP contribution in [0.2, 0.25) is 10.0 Å². The van der Waals surface area contributed by atoms with Crippen LogP contribution in [-0.2, 0) is 16.0 Å². The molecule has 0 radical (unpaired) electrons. The van der Waals surface area contributed by atoms with Gasteiger partial charge < -0.3 is 20.1 Å². The van der Waals surface area contributed by atoms with Crippen LogP contribution in [0.25, 0.3) is 0 Å². The number of hydrogen-bond donors (Lipinski definition) is 2. The monoisotopic (exact) mass is 562 g/mol. The highest BCUT2D eigenvalue weighted by atomic mass is 35.5. The lowest BCUT2D eigenvalue weighted by Gasteiger charge is -2.09. The Morgan fingerprint density at radius 2 is 1.81 bits per heavy atom. The first-order chi connectivity index (χ1) is 17.8. The summed E-state index contributed by atoms with van der Waals surface area (Å²) in [7, 11) is 0. The van der Waals surface area contributed by atoms with Crippen LogP contribution < -0.4 is 15.4 Å². The Labute approximate surface area is 230 Å². The van der Waals surface area contributed by atoms with E-state index in [1.165, 1.54) is 0 Å². The summed E-state index contributed by atoms with van der Waals surface area (Å²) in [6.07, 6.45) is 1.23. The molecule has 0 atom stereocenters. The fraction of sp³-hybridized carbons (Fsp3) is 0.296. The lowest BCUT2D eigenvalue weighted by Crippen LogP contribution is -2.25. The molecule has 0 bridgehead atoms. The van der Waals surface area contributed by atoms with Crippen LogP contribution in [0.15, 0.2) is 48.5 Å². The molecule has 0 unspecified atom stereocenters. The standard InChI is InChI=1S/C27H28Cl2N2O5S/c1-3-35-27(34)23-17(2)24(25(33)30-14-13-18-8-5-4-6-9-18)37-26(23)31-22(32)10-7-15-36-21-12-11-19(28)16-20(21)29/h4-6,8-9,11-12,16H,3,7,10,13-15H2,1-2H3,(H,30,33)(H,31,32). The first-order valence-electron chi connectivity index (χ1n) is 11.8. The molecule has 37 heavy (non-hydrogen) atoms. The van der Waals surface area contributed by atoms with Crippen LogP contribution in [-0.4, -0.2) is 37.5 Å². The van der Waals surface area contributed by atoms with Crippen LogP contribution in [0, 0.1) is 6.92 Å². The van der Waals surface area contributed by atoms with Gasteiger partial charge in [0, 0.05) is 18.0 Å². The zero-order chi connectivity index (χ0) is 26.8. The number of ether oxygens (including phenoxy) is 2. The van der Waals surface area contributed by atoms with Gasteiger partial charge in [0.15, 0.2) is 0 Å². The number of esters is 1. The van der Waals surface area contributed by atoms with Crippen LogP contribution in [0.4, 0.5) is 5.00 Å². The van der Waals surface area contributed by atoms with E-state index in [2.05, 4.69) is 10.6 Å². The quantitative estimate of drug-likeness (QED) is 0.199. The van der Waals surface area contributed by atoms with Gasteiger partial charge in [0.05, 0.1) is 28.7 Å². The van der Waals surface area contributed by atoms with Gasteiger partial charge in [0.1, 0.15) is 10.8 Å². The highest BCUT2D eigenvalue weighted by Gasteiger charge is 2.26. The first kappa shape index (κ1) is 28.5. The second kappa shape index (κ2) is 14.0. The molecule has 1 aromatic heterocycles. The van der Waals surface area contributed by atoms with Gasteiger partial charge in [-0.25, -0.2) is 4.79 Å². The maximum absolute atomic E-state index is 12.9. The molecule has 0 saturated heterocycles. The number of anilines is 1. The van der Waals surface area contributed by atoms with E-state index >= 15 is 0 Å². The summed E-state index contributed by atoms with van der Waals surface area (Å²) in [5.74, 6) is -0.727. The van der Waals surface area contributed by atoms with Crippen molar-refractivity contribution < 1.29 is 23.9 Å². The Morgan fingerprint density at radius 1 is 1.05 bits per heavy atom. The predicted octanol–water partition coefficient (Wildman–Crippen LogP) is 6.31. The number of hydrogen-bond acceptors (Lipinski definition) is 6. The third kappa shape index (κ3) is 8.21. The second-order valence-corrected chi connectivity index (χ2v) is 9.91. The number of halogens is 2. The van der Waals surface area contributed by atoms with Gasteiger partial charge in [-0.3, -0.25) is 9.59 Å². The van der Waals surface area contributed by atoms with Crippen LogP contribution in [0.1, 0.15) is 50.9 Å². The lowest BCUT2D eigenvalue weighted by molar-refractivity contribution is -0.116. The average Bonchev–Trinajstić information content (AvgIpc) is 3.19. The molecule has 7 nitrogen and oxygen atoms in total. The number of carbonyl (C=O) groups is 3. The van der Waals surface area contributed by atoms with E-state index in [-0.39, 0.29) is 42.0 Å². The molecule has 3 aromatic rings. The van der Waals surface area contributed by atoms with E-state index in [9.17, 15) is 14.4 Å². The fourth-order valence-corrected chi connectivity index (χ4v) is 5.10. The SMILES string of the molecule is CCOC(=O)c1c(NC(=O)CCCOc2ccc(Cl)cc2Cl)sc(C(=O)NCCc2ccccc2)c1C. The third-order valence-corrected chi connectivity index (χ3v) is 7.06. The number of amides is 2. The molecule has 2 amide bonds. The van der Waals surface area contributed by atoms with E-state index in [0.29, 0.717) is 45.6 Å². The fourth-order valence-electron chi connectivity index (χ4n) is 3.51. The normalized spacial score (nSPS) is 10.6. The van der Waals surface area contributed by atoms with Crippen molar-refractivity contribution in [2.45, 2.75) is 33.1 Å². The third-order valence-electron chi connectivity index (χ3n) is 5.33. The molecule has 2 aromatic carbocycles. The number of nitrogens with one attached hydrogen (secondary N) is 2. The summed E-state index contributed by atoms with van der Waals surface area (Å²) in [5, 5.41) is 6.84. The van der Waals surface area contributed by atoms with Crippen molar-refractivity contribution in [3.63, 3.8) is 0 Å². The highest BCUT2D eigenvalue weighted by Crippen LogP contribution is 2.34. The Morgan fingerprint density at radius 3 is 2.51 bits per heavy atom. The van der Waals surface area contributed by atoms with Crippen LogP contribution in [0.3, 0.4) is 0 Å². The Balaban J connectivity index is 1.61. The van der Waals surface area contributed by atoms with Gasteiger partial charge in [0.25, 0.3) is 5.91 Å². The van der Waals surface area contributed by atoms with E-state index in [1.807, 2.05) is 30.3 Å². The van der Waals surface area contributed by atoms with E-state index in [1.54, 1.807) is 32.0 Å². The maximum atomic E-state index is 12.9. The van der Waals surface area contributed by atoms with Crippen molar-refractivity contribution in [1.29, 1.82) is 0 Å². The van der Waals surface area contributed by atoms with Crippen LogP contribution >= 0.6 is 34.5 Å². The van der Waals surface area contributed by atoms with Gasteiger partial charge >= 0.3 is 5.97 Å². The lowest BCUT2D eigenvalue weighted by atomic mass is 10.1. The van der Waals surface area contributed by atoms with Crippen molar-refractivity contribution >= 4 is 57.3 Å². The van der Waals surface area contributed by atoms with Crippen molar-refractivity contribution in [3.05, 3.63) is 80.1 Å². The Bertz CT molecular complexity index is 1250. The zero-order valence-electron chi connectivity index (χ0n) is 20.6. The van der Waals surface area contributed by atoms with Gasteiger partial charge in [-0.1, -0.05) is 53.5 Å². The van der Waals surface area contributed by atoms with Gasteiger partial charge in [-0.05, 0) is 56.0 Å².